The first-order chi connectivity index (χ1) is 11.2. The van der Waals surface area contributed by atoms with E-state index >= 15 is 0 Å². The van der Waals surface area contributed by atoms with Crippen molar-refractivity contribution < 1.29 is 24.4 Å². The van der Waals surface area contributed by atoms with Crippen molar-refractivity contribution in [2.75, 3.05) is 7.11 Å². The van der Waals surface area contributed by atoms with Crippen molar-refractivity contribution in [1.29, 1.82) is 0 Å². The van der Waals surface area contributed by atoms with E-state index in [4.69, 9.17) is 4.74 Å². The molecule has 1 heterocycles. The minimum Gasteiger partial charge on any atom is -0.508 e. The molecule has 23 heavy (non-hydrogen) atoms. The average Bonchev–Trinajstić information content (AvgIpc) is 2.55. The summed E-state index contributed by atoms with van der Waals surface area (Å²) in [4.78, 5) is 20.5. The predicted octanol–water partition coefficient (Wildman–Crippen LogP) is 3.08. The van der Waals surface area contributed by atoms with Crippen LogP contribution in [0, 0.1) is 0 Å². The quantitative estimate of drug-likeness (QED) is 0.694. The van der Waals surface area contributed by atoms with Gasteiger partial charge in [0.2, 0.25) is 0 Å². The number of allylic oxidation sites excluding steroid dienone is 1. The smallest absolute Gasteiger partial charge is 0.346 e. The van der Waals surface area contributed by atoms with Gasteiger partial charge in [0, 0.05) is 17.0 Å². The first kappa shape index (κ1) is 15.1. The van der Waals surface area contributed by atoms with Crippen molar-refractivity contribution >= 4 is 5.97 Å². The Kier molecular flexibility index (Phi) is 4.30. The van der Waals surface area contributed by atoms with E-state index in [0.29, 0.717) is 11.3 Å². The third-order valence-electron chi connectivity index (χ3n) is 3.64. The molecule has 1 atom stereocenters. The molecule has 3 rings (SSSR count). The van der Waals surface area contributed by atoms with Gasteiger partial charge in [-0.15, -0.1) is 0 Å². The first-order valence-corrected chi connectivity index (χ1v) is 7.16. The summed E-state index contributed by atoms with van der Waals surface area (Å²) in [6.07, 6.45) is 3.45. The highest BCUT2D eigenvalue weighted by molar-refractivity contribution is 5.74. The third kappa shape index (κ3) is 3.19. The summed E-state index contributed by atoms with van der Waals surface area (Å²) in [5.41, 5.74) is 2.43. The molecule has 1 N–H and O–H groups in total. The van der Waals surface area contributed by atoms with Crippen LogP contribution in [-0.2, 0) is 21.0 Å². The molecule has 1 aliphatic rings. The second kappa shape index (κ2) is 6.54. The lowest BCUT2D eigenvalue weighted by atomic mass is 9.87. The molecule has 5 heteroatoms. The summed E-state index contributed by atoms with van der Waals surface area (Å²) in [5.74, 6) is 0.0231. The van der Waals surface area contributed by atoms with Gasteiger partial charge in [-0.2, -0.15) is 4.89 Å². The molecule has 0 spiro atoms. The minimum absolute atomic E-state index is 0.0516. The Bertz CT molecular complexity index is 737. The van der Waals surface area contributed by atoms with E-state index < -0.39 is 5.97 Å². The Morgan fingerprint density at radius 3 is 2.78 bits per heavy atom. The van der Waals surface area contributed by atoms with Crippen LogP contribution in [0.4, 0.5) is 0 Å². The molecule has 0 saturated carbocycles. The molecule has 2 aromatic rings. The van der Waals surface area contributed by atoms with Crippen molar-refractivity contribution in [1.82, 2.24) is 0 Å². The predicted molar refractivity (Wildman–Crippen MR) is 83.0 cm³/mol. The van der Waals surface area contributed by atoms with E-state index in [9.17, 15) is 9.90 Å². The first-order valence-electron chi connectivity index (χ1n) is 7.16. The normalized spacial score (nSPS) is 15.6. The maximum Gasteiger partial charge on any atom is 0.346 e. The number of fused-ring (bicyclic) bond motifs is 1. The molecule has 0 fully saturated rings. The Balaban J connectivity index is 2.01. The number of hydrogen-bond donors (Lipinski definition) is 1. The van der Waals surface area contributed by atoms with Crippen molar-refractivity contribution in [3.8, 4) is 11.5 Å². The highest BCUT2D eigenvalue weighted by Gasteiger charge is 2.24. The van der Waals surface area contributed by atoms with E-state index in [1.807, 2.05) is 36.4 Å². The van der Waals surface area contributed by atoms with Gasteiger partial charge in [-0.1, -0.05) is 30.3 Å². The van der Waals surface area contributed by atoms with Crippen LogP contribution in [0.5, 0.6) is 11.5 Å². The second-order valence-electron chi connectivity index (χ2n) is 5.16. The zero-order valence-electron chi connectivity index (χ0n) is 12.6. The van der Waals surface area contributed by atoms with Gasteiger partial charge in [0.25, 0.3) is 0 Å². The van der Waals surface area contributed by atoms with Crippen LogP contribution in [0.1, 0.15) is 22.6 Å². The van der Waals surface area contributed by atoms with E-state index in [-0.39, 0.29) is 18.1 Å². The third-order valence-corrected chi connectivity index (χ3v) is 3.64. The van der Waals surface area contributed by atoms with E-state index in [1.54, 1.807) is 12.3 Å². The molecular formula is C18H16O5. The Hall–Kier alpha value is -2.79. The maximum absolute atomic E-state index is 11.7. The molecule has 5 nitrogen and oxygen atoms in total. The highest BCUT2D eigenvalue weighted by atomic mass is 17.2. The van der Waals surface area contributed by atoms with Gasteiger partial charge >= 0.3 is 5.97 Å². The van der Waals surface area contributed by atoms with Crippen LogP contribution < -0.4 is 4.74 Å². The lowest BCUT2D eigenvalue weighted by Crippen LogP contribution is -2.12. The van der Waals surface area contributed by atoms with E-state index in [0.717, 1.165) is 11.1 Å². The van der Waals surface area contributed by atoms with Crippen LogP contribution in [0.25, 0.3) is 0 Å². The minimum atomic E-state index is -0.560. The molecule has 1 aliphatic heterocycles. The lowest BCUT2D eigenvalue weighted by Gasteiger charge is -2.23. The second-order valence-corrected chi connectivity index (χ2v) is 5.16. The molecule has 1 unspecified atom stereocenters. The maximum atomic E-state index is 11.7. The summed E-state index contributed by atoms with van der Waals surface area (Å²) in [5, 5.41) is 10.0. The topological polar surface area (TPSA) is 65.0 Å². The average molecular weight is 312 g/mol. The number of phenols is 1. The summed E-state index contributed by atoms with van der Waals surface area (Å²) >= 11 is 0. The monoisotopic (exact) mass is 312 g/mol. The SMILES string of the molecule is COOC(=O)Cc1cc(O)cc2c1OC=CC2c1ccccc1. The zero-order chi connectivity index (χ0) is 16.2. The number of hydrogen-bond acceptors (Lipinski definition) is 5. The fraction of sp³-hybridized carbons (Fsp3) is 0.167. The van der Waals surface area contributed by atoms with Crippen LogP contribution in [0.15, 0.2) is 54.8 Å². The number of ether oxygens (including phenoxy) is 1. The Labute approximate surface area is 133 Å². The standard InChI is InChI=1S/C18H16O5/c1-21-23-17(20)10-13-9-14(19)11-16-15(7-8-22-18(13)16)12-5-3-2-4-6-12/h2-9,11,15,19H,10H2,1H3. The van der Waals surface area contributed by atoms with Gasteiger partial charge in [-0.05, 0) is 23.8 Å². The zero-order valence-corrected chi connectivity index (χ0v) is 12.6. The summed E-state index contributed by atoms with van der Waals surface area (Å²) in [6, 6.07) is 13.0. The van der Waals surface area contributed by atoms with Gasteiger partial charge in [0.1, 0.15) is 11.5 Å². The number of aromatic hydroxyl groups is 1. The van der Waals surface area contributed by atoms with Crippen molar-refractivity contribution in [2.24, 2.45) is 0 Å². The molecule has 0 aliphatic carbocycles. The fourth-order valence-corrected chi connectivity index (χ4v) is 2.72. The Morgan fingerprint density at radius 2 is 2.04 bits per heavy atom. The van der Waals surface area contributed by atoms with Crippen LogP contribution >= 0.6 is 0 Å². The van der Waals surface area contributed by atoms with Gasteiger partial charge in [0.15, 0.2) is 0 Å². The van der Waals surface area contributed by atoms with Crippen molar-refractivity contribution in [3.63, 3.8) is 0 Å². The summed E-state index contributed by atoms with van der Waals surface area (Å²) in [6.45, 7) is 0. The summed E-state index contributed by atoms with van der Waals surface area (Å²) in [7, 11) is 1.26. The number of benzene rings is 2. The van der Waals surface area contributed by atoms with Gasteiger partial charge in [-0.3, -0.25) is 4.89 Å². The number of carbonyl (C=O) groups excluding carboxylic acids is 1. The molecule has 0 radical (unpaired) electrons. The molecule has 2 aromatic carbocycles. The number of phenolic OH excluding ortho intramolecular Hbond substituents is 1. The number of rotatable bonds is 4. The molecule has 0 bridgehead atoms. The fourth-order valence-electron chi connectivity index (χ4n) is 2.72. The van der Waals surface area contributed by atoms with E-state index in [1.165, 1.54) is 13.2 Å². The van der Waals surface area contributed by atoms with Crippen molar-refractivity contribution in [2.45, 2.75) is 12.3 Å². The van der Waals surface area contributed by atoms with Crippen LogP contribution in [0.2, 0.25) is 0 Å². The molecule has 0 saturated heterocycles. The van der Waals surface area contributed by atoms with E-state index in [2.05, 4.69) is 9.78 Å². The van der Waals surface area contributed by atoms with Gasteiger partial charge < -0.3 is 9.84 Å². The molecule has 118 valence electrons. The van der Waals surface area contributed by atoms with Gasteiger partial charge in [0.05, 0.1) is 19.8 Å². The van der Waals surface area contributed by atoms with Crippen LogP contribution in [0.3, 0.4) is 0 Å². The summed E-state index contributed by atoms with van der Waals surface area (Å²) < 4.78 is 5.60. The Morgan fingerprint density at radius 1 is 1.26 bits per heavy atom. The molecule has 0 amide bonds. The molecular weight excluding hydrogens is 296 g/mol. The van der Waals surface area contributed by atoms with Gasteiger partial charge in [-0.25, -0.2) is 4.79 Å². The highest BCUT2D eigenvalue weighted by Crippen LogP contribution is 2.41. The van der Waals surface area contributed by atoms with Crippen molar-refractivity contribution in [3.05, 3.63) is 71.5 Å². The largest absolute Gasteiger partial charge is 0.508 e. The lowest BCUT2D eigenvalue weighted by molar-refractivity contribution is -0.254. The number of carbonyl (C=O) groups is 1. The molecule has 0 aromatic heterocycles. The van der Waals surface area contributed by atoms with Crippen LogP contribution in [-0.4, -0.2) is 18.2 Å².